The minimum absolute atomic E-state index is 0.0101. The average molecular weight is 1160 g/mol. The molecule has 0 aromatic rings. The van der Waals surface area contributed by atoms with Crippen LogP contribution < -0.4 is 87.2 Å². The zero-order valence-corrected chi connectivity index (χ0v) is 48.5. The zero-order valence-electron chi connectivity index (χ0n) is 48.5. The first kappa shape index (κ1) is 72.9. The Hall–Kier alpha value is -6.11. The molecule has 0 bridgehead atoms. The van der Waals surface area contributed by atoms with E-state index in [0.29, 0.717) is 6.42 Å². The summed E-state index contributed by atoms with van der Waals surface area (Å²) in [5.74, 6) is -9.97. The van der Waals surface area contributed by atoms with Gasteiger partial charge in [-0.3, -0.25) is 52.7 Å². The van der Waals surface area contributed by atoms with Crippen LogP contribution in [0.5, 0.6) is 0 Å². The zero-order chi connectivity index (χ0) is 61.4. The van der Waals surface area contributed by atoms with E-state index in [9.17, 15) is 63.0 Å². The van der Waals surface area contributed by atoms with E-state index in [-0.39, 0.29) is 95.9 Å². The van der Waals surface area contributed by atoms with Crippen LogP contribution in [0.3, 0.4) is 0 Å². The van der Waals surface area contributed by atoms with Gasteiger partial charge in [0, 0.05) is 13.0 Å². The Morgan fingerprint density at radius 3 is 1.38 bits per heavy atom. The molecule has 1 saturated heterocycles. The molecule has 12 atom stereocenters. The molecule has 29 heteroatoms. The normalized spacial score (nSPS) is 23.2. The number of nitrogens with one attached hydrogen (secondary N) is 11. The fourth-order valence-corrected chi connectivity index (χ4v) is 8.67. The Kier molecular flexibility index (Phi) is 35.4. The van der Waals surface area contributed by atoms with Crippen molar-refractivity contribution in [1.82, 2.24) is 58.5 Å². The number of nitrogens with two attached hydrogens (primary N) is 5. The highest BCUT2D eigenvalue weighted by Crippen LogP contribution is 2.12. The van der Waals surface area contributed by atoms with Crippen molar-refractivity contribution in [2.75, 3.05) is 39.3 Å². The monoisotopic (exact) mass is 1150 g/mol. The van der Waals surface area contributed by atoms with Crippen LogP contribution >= 0.6 is 0 Å². The number of hydrogen-bond acceptors (Lipinski definition) is 18. The standard InChI is InChI=1S/C52H98N16O13/c1-8-9-10-11-12-13-40(71)59-32(14-20-53)47(76)68-42(31(7)70)52(81)64-35(17-23-56)44(73)63-37-19-25-58-51(80)41(30(6)69)67-48(77)36(18-24-57)61-43(72)33(15-21-54)62-49(78)38(26-28(2)3)66-50(79)39(27-29(4)5)65-45(74)34(16-22-55)60-46(37)75/h28-39,41-42,69-70H,8-27,53-57H2,1-7H3,(H,58,80)(H,59,71)(H,60,75)(H,61,72)(H,62,78)(H,63,73)(H,64,81)(H,65,74)(H,66,79)(H,67,77)(H,68,76). The minimum atomic E-state index is -1.69. The van der Waals surface area contributed by atoms with E-state index < -0.39 is 151 Å². The fourth-order valence-electron chi connectivity index (χ4n) is 8.67. The highest BCUT2D eigenvalue weighted by molar-refractivity contribution is 5.99. The molecule has 1 aliphatic rings. The Morgan fingerprint density at radius 1 is 0.519 bits per heavy atom. The number of unbranched alkanes of at least 4 members (excludes halogenated alkanes) is 4. The molecule has 1 rings (SSSR count). The summed E-state index contributed by atoms with van der Waals surface area (Å²) in [6.07, 6.45) is 0.326. The van der Waals surface area contributed by atoms with Crippen molar-refractivity contribution in [3.8, 4) is 0 Å². The summed E-state index contributed by atoms with van der Waals surface area (Å²) in [6.45, 7) is 10.5. The Bertz CT molecular complexity index is 2030. The summed E-state index contributed by atoms with van der Waals surface area (Å²) in [5, 5.41) is 49.5. The molecule has 1 fully saturated rings. The summed E-state index contributed by atoms with van der Waals surface area (Å²) in [7, 11) is 0. The van der Waals surface area contributed by atoms with Crippen molar-refractivity contribution >= 4 is 65.0 Å². The molecule has 0 aromatic carbocycles. The highest BCUT2D eigenvalue weighted by atomic mass is 16.3. The largest absolute Gasteiger partial charge is 0.391 e. The predicted molar refractivity (Wildman–Crippen MR) is 301 cm³/mol. The molecule has 81 heavy (non-hydrogen) atoms. The molecule has 0 radical (unpaired) electrons. The molecule has 0 saturated carbocycles. The van der Waals surface area contributed by atoms with Gasteiger partial charge in [0.05, 0.1) is 12.2 Å². The van der Waals surface area contributed by atoms with E-state index in [0.717, 1.165) is 25.7 Å². The third kappa shape index (κ3) is 27.5. The summed E-state index contributed by atoms with van der Waals surface area (Å²) in [5.41, 5.74) is 29.2. The molecule has 0 spiro atoms. The molecular weight excluding hydrogens is 1060 g/mol. The van der Waals surface area contributed by atoms with Crippen LogP contribution in [0.4, 0.5) is 0 Å². The maximum Gasteiger partial charge on any atom is 0.245 e. The number of amides is 11. The SMILES string of the molecule is CCCCCCCC(=O)NC(CCN)C(=O)NC(C(=O)NC(CCN)C(=O)NC1CCNC(=O)C(C(C)O)NC(=O)C(CCN)NC(=O)C(CCN)NC(=O)C(CC(C)C)NC(=O)C(CC(C)C)NC(=O)C(CCN)NC1=O)C(C)O. The van der Waals surface area contributed by atoms with Gasteiger partial charge in [0.25, 0.3) is 0 Å². The lowest BCUT2D eigenvalue weighted by Gasteiger charge is -2.29. The third-order valence-electron chi connectivity index (χ3n) is 13.1. The van der Waals surface area contributed by atoms with Crippen molar-refractivity contribution < 1.29 is 63.0 Å². The number of aliphatic hydroxyl groups excluding tert-OH is 2. The van der Waals surface area contributed by atoms with Gasteiger partial charge in [0.2, 0.25) is 65.0 Å². The van der Waals surface area contributed by atoms with Gasteiger partial charge in [-0.2, -0.15) is 0 Å². The van der Waals surface area contributed by atoms with E-state index in [1.807, 2.05) is 0 Å². The molecule has 464 valence electrons. The number of carbonyl (C=O) groups is 11. The van der Waals surface area contributed by atoms with Crippen molar-refractivity contribution in [2.45, 2.75) is 211 Å². The smallest absolute Gasteiger partial charge is 0.245 e. The maximum absolute atomic E-state index is 14.4. The van der Waals surface area contributed by atoms with Gasteiger partial charge in [-0.25, -0.2) is 0 Å². The van der Waals surface area contributed by atoms with Crippen LogP contribution in [0.15, 0.2) is 0 Å². The van der Waals surface area contributed by atoms with E-state index in [1.165, 1.54) is 13.8 Å². The average Bonchev–Trinajstić information content (AvgIpc) is 3.40. The summed E-state index contributed by atoms with van der Waals surface area (Å²) in [6, 6.07) is -14.5. The van der Waals surface area contributed by atoms with Crippen molar-refractivity contribution in [3.63, 3.8) is 0 Å². The fraction of sp³-hybridized carbons (Fsp3) is 0.788. The van der Waals surface area contributed by atoms with Crippen LogP contribution in [-0.4, -0.2) is 187 Å². The lowest BCUT2D eigenvalue weighted by Crippen LogP contribution is -2.62. The van der Waals surface area contributed by atoms with Crippen LogP contribution in [0, 0.1) is 11.8 Å². The number of aliphatic hydroxyl groups is 2. The van der Waals surface area contributed by atoms with Gasteiger partial charge in [-0.15, -0.1) is 0 Å². The van der Waals surface area contributed by atoms with E-state index in [1.54, 1.807) is 27.7 Å². The number of carbonyl (C=O) groups excluding carboxylic acids is 11. The van der Waals surface area contributed by atoms with Gasteiger partial charge < -0.3 is 97.4 Å². The van der Waals surface area contributed by atoms with Crippen LogP contribution in [0.25, 0.3) is 0 Å². The predicted octanol–water partition coefficient (Wildman–Crippen LogP) is -5.69. The molecule has 1 aliphatic heterocycles. The van der Waals surface area contributed by atoms with Gasteiger partial charge in [0.1, 0.15) is 60.4 Å². The third-order valence-corrected chi connectivity index (χ3v) is 13.1. The van der Waals surface area contributed by atoms with E-state index >= 15 is 0 Å². The minimum Gasteiger partial charge on any atom is -0.391 e. The van der Waals surface area contributed by atoms with Gasteiger partial charge >= 0.3 is 0 Å². The number of hydrogen-bond donors (Lipinski definition) is 18. The van der Waals surface area contributed by atoms with Crippen LogP contribution in [-0.2, 0) is 52.7 Å². The molecule has 11 amide bonds. The molecule has 29 nitrogen and oxygen atoms in total. The molecule has 0 aliphatic carbocycles. The van der Waals surface area contributed by atoms with Gasteiger partial charge in [-0.1, -0.05) is 60.3 Å². The van der Waals surface area contributed by atoms with Crippen LogP contribution in [0.1, 0.15) is 138 Å². The second-order valence-corrected chi connectivity index (χ2v) is 21.4. The van der Waals surface area contributed by atoms with E-state index in [4.69, 9.17) is 28.7 Å². The Balaban J connectivity index is 3.83. The summed E-state index contributed by atoms with van der Waals surface area (Å²) in [4.78, 5) is 152. The summed E-state index contributed by atoms with van der Waals surface area (Å²) >= 11 is 0. The van der Waals surface area contributed by atoms with Gasteiger partial charge in [0.15, 0.2) is 0 Å². The maximum atomic E-state index is 14.4. The second kappa shape index (κ2) is 39.3. The first-order chi connectivity index (χ1) is 38.3. The lowest BCUT2D eigenvalue weighted by molar-refractivity contribution is -0.137. The van der Waals surface area contributed by atoms with Crippen molar-refractivity contribution in [2.24, 2.45) is 40.5 Å². The molecule has 23 N–H and O–H groups in total. The molecule has 12 unspecified atom stereocenters. The van der Waals surface area contributed by atoms with E-state index in [2.05, 4.69) is 65.4 Å². The summed E-state index contributed by atoms with van der Waals surface area (Å²) < 4.78 is 0. The Morgan fingerprint density at radius 2 is 0.951 bits per heavy atom. The second-order valence-electron chi connectivity index (χ2n) is 21.4. The topological polar surface area (TPSA) is 491 Å². The Labute approximate surface area is 475 Å². The first-order valence-corrected chi connectivity index (χ1v) is 28.5. The molecule has 1 heterocycles. The van der Waals surface area contributed by atoms with Crippen LogP contribution in [0.2, 0.25) is 0 Å². The van der Waals surface area contributed by atoms with Crippen molar-refractivity contribution in [1.29, 1.82) is 0 Å². The lowest BCUT2D eigenvalue weighted by atomic mass is 9.99. The first-order valence-electron chi connectivity index (χ1n) is 28.5. The molecule has 0 aromatic heterocycles. The quantitative estimate of drug-likeness (QED) is 0.0310. The highest BCUT2D eigenvalue weighted by Gasteiger charge is 2.37. The van der Waals surface area contributed by atoms with Gasteiger partial charge in [-0.05, 0) is 116 Å². The van der Waals surface area contributed by atoms with Crippen molar-refractivity contribution in [3.05, 3.63) is 0 Å². The molecular formula is C52H98N16O13. The number of rotatable bonds is 29.